The number of Topliss-reactive ketones (excluding diaryl/α,β-unsaturated/α-hetero) is 1. The van der Waals surface area contributed by atoms with Crippen LogP contribution in [0.3, 0.4) is 0 Å². The number of amides is 1. The highest BCUT2D eigenvalue weighted by molar-refractivity contribution is 6.51. The Balaban J connectivity index is 1.58. The van der Waals surface area contributed by atoms with Crippen LogP contribution in [0.2, 0.25) is 0 Å². The average molecular weight is 472 g/mol. The van der Waals surface area contributed by atoms with Gasteiger partial charge >= 0.3 is 0 Å². The molecule has 5 rings (SSSR count). The van der Waals surface area contributed by atoms with E-state index < -0.39 is 17.7 Å². The number of hydrogen-bond acceptors (Lipinski definition) is 7. The summed E-state index contributed by atoms with van der Waals surface area (Å²) in [6.07, 6.45) is 3.18. The lowest BCUT2D eigenvalue weighted by Crippen LogP contribution is -2.29. The van der Waals surface area contributed by atoms with Gasteiger partial charge < -0.3 is 19.3 Å². The summed E-state index contributed by atoms with van der Waals surface area (Å²) in [4.78, 5) is 32.0. The Morgan fingerprint density at radius 2 is 1.89 bits per heavy atom. The molecule has 1 atom stereocenters. The monoisotopic (exact) mass is 472 g/mol. The zero-order valence-electron chi connectivity index (χ0n) is 19.3. The summed E-state index contributed by atoms with van der Waals surface area (Å²) in [6.45, 7) is 4.75. The summed E-state index contributed by atoms with van der Waals surface area (Å²) >= 11 is 0. The number of anilines is 1. The van der Waals surface area contributed by atoms with Gasteiger partial charge in [0.25, 0.3) is 11.7 Å². The second kappa shape index (κ2) is 9.13. The number of benzene rings is 2. The van der Waals surface area contributed by atoms with Crippen LogP contribution in [0.25, 0.3) is 5.76 Å². The Labute approximate surface area is 202 Å². The molecule has 2 aromatic carbocycles. The summed E-state index contributed by atoms with van der Waals surface area (Å²) in [5.41, 5.74) is 1.42. The molecule has 3 aromatic rings. The fourth-order valence-corrected chi connectivity index (χ4v) is 4.11. The van der Waals surface area contributed by atoms with Gasteiger partial charge in [-0.2, -0.15) is 0 Å². The second-order valence-electron chi connectivity index (χ2n) is 8.72. The molecule has 1 fully saturated rings. The molecule has 178 valence electrons. The molecular formula is C27H24N2O6. The molecule has 0 bridgehead atoms. The van der Waals surface area contributed by atoms with Crippen LogP contribution < -0.4 is 19.1 Å². The van der Waals surface area contributed by atoms with Crippen LogP contribution in [0.5, 0.6) is 17.2 Å². The number of ether oxygens (including phenoxy) is 3. The van der Waals surface area contributed by atoms with E-state index in [2.05, 4.69) is 18.8 Å². The van der Waals surface area contributed by atoms with E-state index in [9.17, 15) is 14.7 Å². The van der Waals surface area contributed by atoms with Gasteiger partial charge in [0.15, 0.2) is 11.5 Å². The van der Waals surface area contributed by atoms with Crippen molar-refractivity contribution < 1.29 is 28.9 Å². The van der Waals surface area contributed by atoms with Crippen LogP contribution in [0.1, 0.15) is 31.0 Å². The van der Waals surface area contributed by atoms with Crippen LogP contribution in [0, 0.1) is 5.92 Å². The van der Waals surface area contributed by atoms with Crippen molar-refractivity contribution in [3.63, 3.8) is 0 Å². The van der Waals surface area contributed by atoms with E-state index in [4.69, 9.17) is 14.2 Å². The van der Waals surface area contributed by atoms with Crippen molar-refractivity contribution in [2.75, 3.05) is 18.3 Å². The Morgan fingerprint density at radius 1 is 1.11 bits per heavy atom. The largest absolute Gasteiger partial charge is 0.507 e. The van der Waals surface area contributed by atoms with Gasteiger partial charge in [0.1, 0.15) is 11.5 Å². The van der Waals surface area contributed by atoms with Gasteiger partial charge in [0.05, 0.1) is 18.2 Å². The third kappa shape index (κ3) is 4.19. The molecule has 0 radical (unpaired) electrons. The lowest BCUT2D eigenvalue weighted by Gasteiger charge is -2.25. The minimum absolute atomic E-state index is 0.0171. The van der Waals surface area contributed by atoms with Gasteiger partial charge in [-0.05, 0) is 53.9 Å². The number of rotatable bonds is 6. The number of aromatic nitrogens is 1. The van der Waals surface area contributed by atoms with Crippen molar-refractivity contribution in [3.05, 3.63) is 83.7 Å². The first kappa shape index (κ1) is 22.5. The molecule has 35 heavy (non-hydrogen) atoms. The van der Waals surface area contributed by atoms with E-state index in [0.717, 1.165) is 0 Å². The first-order valence-corrected chi connectivity index (χ1v) is 11.3. The van der Waals surface area contributed by atoms with Crippen molar-refractivity contribution >= 4 is 23.1 Å². The van der Waals surface area contributed by atoms with Crippen LogP contribution in [-0.2, 0) is 9.59 Å². The first-order chi connectivity index (χ1) is 16.9. The summed E-state index contributed by atoms with van der Waals surface area (Å²) in [7, 11) is 0. The van der Waals surface area contributed by atoms with Gasteiger partial charge in [-0.1, -0.05) is 19.9 Å². The molecule has 0 aliphatic carbocycles. The number of hydrogen-bond donors (Lipinski definition) is 1. The molecule has 1 saturated heterocycles. The summed E-state index contributed by atoms with van der Waals surface area (Å²) in [6, 6.07) is 14.4. The first-order valence-electron chi connectivity index (χ1n) is 11.3. The zero-order chi connectivity index (χ0) is 24.5. The lowest BCUT2D eigenvalue weighted by atomic mass is 9.96. The highest BCUT2D eigenvalue weighted by atomic mass is 16.7. The number of carbonyl (C=O) groups is 2. The van der Waals surface area contributed by atoms with Gasteiger partial charge in [-0.25, -0.2) is 0 Å². The zero-order valence-corrected chi connectivity index (χ0v) is 19.3. The Hall–Kier alpha value is -4.33. The fraction of sp³-hybridized carbons (Fsp3) is 0.222. The molecule has 3 heterocycles. The van der Waals surface area contributed by atoms with E-state index in [1.165, 1.54) is 4.90 Å². The number of ketones is 1. The summed E-state index contributed by atoms with van der Waals surface area (Å²) < 4.78 is 16.5. The number of nitrogens with zero attached hydrogens (tertiary/aromatic N) is 2. The van der Waals surface area contributed by atoms with E-state index in [1.807, 2.05) is 0 Å². The van der Waals surface area contributed by atoms with Crippen molar-refractivity contribution in [2.24, 2.45) is 5.92 Å². The van der Waals surface area contributed by atoms with Gasteiger partial charge in [-0.3, -0.25) is 19.5 Å². The van der Waals surface area contributed by atoms with Crippen LogP contribution in [0.15, 0.2) is 72.6 Å². The highest BCUT2D eigenvalue weighted by Gasteiger charge is 2.47. The quantitative estimate of drug-likeness (QED) is 0.321. The van der Waals surface area contributed by atoms with E-state index in [-0.39, 0.29) is 18.1 Å². The lowest BCUT2D eigenvalue weighted by molar-refractivity contribution is -0.132. The van der Waals surface area contributed by atoms with Gasteiger partial charge in [-0.15, -0.1) is 0 Å². The van der Waals surface area contributed by atoms with Gasteiger partial charge in [0, 0.05) is 29.7 Å². The normalized spacial score (nSPS) is 18.4. The molecule has 0 saturated carbocycles. The molecule has 8 heteroatoms. The molecule has 2 aliphatic heterocycles. The maximum Gasteiger partial charge on any atom is 0.300 e. The van der Waals surface area contributed by atoms with Crippen LogP contribution >= 0.6 is 0 Å². The fourth-order valence-electron chi connectivity index (χ4n) is 4.11. The van der Waals surface area contributed by atoms with Crippen molar-refractivity contribution in [1.29, 1.82) is 0 Å². The van der Waals surface area contributed by atoms with Crippen molar-refractivity contribution in [1.82, 2.24) is 4.98 Å². The predicted octanol–water partition coefficient (Wildman–Crippen LogP) is 4.47. The standard InChI is InChI=1S/C27H24N2O6/c1-16(2)14-33-20-8-5-17(6-9-20)25(30)23-24(18-4-3-11-28-13-18)29(27(32)26(23)31)19-7-10-21-22(12-19)35-15-34-21/h3-13,16,24,30H,14-15H2,1-2H3/b25-23+. The maximum atomic E-state index is 13.3. The summed E-state index contributed by atoms with van der Waals surface area (Å²) in [5.74, 6) is 0.255. The molecular weight excluding hydrogens is 448 g/mol. The minimum Gasteiger partial charge on any atom is -0.507 e. The van der Waals surface area contributed by atoms with Crippen LogP contribution in [-0.4, -0.2) is 35.2 Å². The number of pyridine rings is 1. The average Bonchev–Trinajstić information content (AvgIpc) is 3.45. The smallest absolute Gasteiger partial charge is 0.300 e. The van der Waals surface area contributed by atoms with Crippen molar-refractivity contribution in [3.8, 4) is 17.2 Å². The molecule has 2 aliphatic rings. The van der Waals surface area contributed by atoms with Crippen molar-refractivity contribution in [2.45, 2.75) is 19.9 Å². The van der Waals surface area contributed by atoms with E-state index in [0.29, 0.717) is 46.6 Å². The molecule has 8 nitrogen and oxygen atoms in total. The molecule has 1 unspecified atom stereocenters. The van der Waals surface area contributed by atoms with E-state index in [1.54, 1.807) is 67.0 Å². The number of aliphatic hydroxyl groups is 1. The molecule has 1 aromatic heterocycles. The second-order valence-corrected chi connectivity index (χ2v) is 8.72. The number of fused-ring (bicyclic) bond motifs is 1. The Morgan fingerprint density at radius 3 is 2.60 bits per heavy atom. The molecule has 0 spiro atoms. The number of carbonyl (C=O) groups excluding carboxylic acids is 2. The molecule has 1 N–H and O–H groups in total. The maximum absolute atomic E-state index is 13.3. The topological polar surface area (TPSA) is 98.2 Å². The predicted molar refractivity (Wildman–Crippen MR) is 128 cm³/mol. The van der Waals surface area contributed by atoms with Crippen LogP contribution in [0.4, 0.5) is 5.69 Å². The van der Waals surface area contributed by atoms with Gasteiger partial charge in [0.2, 0.25) is 6.79 Å². The Bertz CT molecular complexity index is 1300. The Kier molecular flexibility index (Phi) is 5.86. The third-order valence-corrected chi connectivity index (χ3v) is 5.79. The summed E-state index contributed by atoms with van der Waals surface area (Å²) in [5, 5.41) is 11.2. The van der Waals surface area contributed by atoms with E-state index >= 15 is 0 Å². The SMILES string of the molecule is CC(C)COc1ccc(/C(O)=C2\C(=O)C(=O)N(c3ccc4c(c3)OCO4)C2c2cccnc2)cc1. The highest BCUT2D eigenvalue weighted by Crippen LogP contribution is 2.44. The minimum atomic E-state index is -0.874. The number of aliphatic hydroxyl groups excluding tert-OH is 1. The third-order valence-electron chi connectivity index (χ3n) is 5.79. The molecule has 1 amide bonds.